The molecule has 0 aliphatic rings. The molecule has 0 saturated heterocycles. The van der Waals surface area contributed by atoms with Crippen molar-refractivity contribution in [2.45, 2.75) is 46.6 Å². The number of aryl methyl sites for hydroxylation is 1. The number of amides is 1. The first-order valence-electron chi connectivity index (χ1n) is 6.62. The summed E-state index contributed by atoms with van der Waals surface area (Å²) < 4.78 is 5.46. The molecule has 0 unspecified atom stereocenters. The quantitative estimate of drug-likeness (QED) is 0.840. The number of rotatable bonds is 6. The van der Waals surface area contributed by atoms with E-state index in [1.165, 1.54) is 0 Å². The zero-order valence-corrected chi connectivity index (χ0v) is 11.7. The molecule has 1 aromatic carbocycles. The van der Waals surface area contributed by atoms with Crippen molar-refractivity contribution < 1.29 is 9.53 Å². The molecule has 100 valence electrons. The summed E-state index contributed by atoms with van der Waals surface area (Å²) in [5, 5.41) is 3.00. The van der Waals surface area contributed by atoms with Crippen molar-refractivity contribution in [3.63, 3.8) is 0 Å². The maximum Gasteiger partial charge on any atom is 0.251 e. The van der Waals surface area contributed by atoms with E-state index in [-0.39, 0.29) is 11.9 Å². The van der Waals surface area contributed by atoms with E-state index >= 15 is 0 Å². The molecule has 0 radical (unpaired) electrons. The molecule has 1 amide bonds. The smallest absolute Gasteiger partial charge is 0.251 e. The van der Waals surface area contributed by atoms with Gasteiger partial charge in [0.2, 0.25) is 0 Å². The van der Waals surface area contributed by atoms with Crippen molar-refractivity contribution in [1.29, 1.82) is 0 Å². The van der Waals surface area contributed by atoms with Gasteiger partial charge in [0.25, 0.3) is 5.91 Å². The minimum Gasteiger partial charge on any atom is -0.494 e. The van der Waals surface area contributed by atoms with Gasteiger partial charge in [0.05, 0.1) is 6.61 Å². The zero-order valence-electron chi connectivity index (χ0n) is 11.7. The Morgan fingerprint density at radius 1 is 1.39 bits per heavy atom. The Kier molecular flexibility index (Phi) is 5.69. The maximum absolute atomic E-state index is 12.0. The van der Waals surface area contributed by atoms with Crippen LogP contribution >= 0.6 is 0 Å². The first-order chi connectivity index (χ1) is 8.58. The van der Waals surface area contributed by atoms with E-state index in [1.54, 1.807) is 0 Å². The van der Waals surface area contributed by atoms with E-state index in [9.17, 15) is 4.79 Å². The van der Waals surface area contributed by atoms with Crippen LogP contribution in [0.4, 0.5) is 0 Å². The Hall–Kier alpha value is -1.51. The van der Waals surface area contributed by atoms with Gasteiger partial charge >= 0.3 is 0 Å². The highest BCUT2D eigenvalue weighted by atomic mass is 16.5. The number of hydrogen-bond donors (Lipinski definition) is 1. The average Bonchev–Trinajstić information content (AvgIpc) is 2.32. The normalized spacial score (nSPS) is 12.0. The number of carbonyl (C=O) groups is 1. The van der Waals surface area contributed by atoms with Crippen LogP contribution in [-0.2, 0) is 0 Å². The second-order valence-corrected chi connectivity index (χ2v) is 4.58. The van der Waals surface area contributed by atoms with E-state index in [0.29, 0.717) is 12.2 Å². The van der Waals surface area contributed by atoms with Crippen molar-refractivity contribution in [3.8, 4) is 5.75 Å². The van der Waals surface area contributed by atoms with E-state index < -0.39 is 0 Å². The summed E-state index contributed by atoms with van der Waals surface area (Å²) in [5.41, 5.74) is 1.69. The molecule has 0 aliphatic heterocycles. The molecule has 0 saturated carbocycles. The van der Waals surface area contributed by atoms with E-state index in [4.69, 9.17) is 4.74 Å². The summed E-state index contributed by atoms with van der Waals surface area (Å²) in [6, 6.07) is 5.76. The van der Waals surface area contributed by atoms with Crippen LogP contribution in [0.1, 0.15) is 49.5 Å². The fourth-order valence-corrected chi connectivity index (χ4v) is 1.92. The molecule has 0 aromatic heterocycles. The molecule has 0 fully saturated rings. The highest BCUT2D eigenvalue weighted by molar-refractivity contribution is 5.94. The molecule has 18 heavy (non-hydrogen) atoms. The van der Waals surface area contributed by atoms with Crippen LogP contribution in [0.5, 0.6) is 5.75 Å². The molecule has 3 nitrogen and oxygen atoms in total. The average molecular weight is 249 g/mol. The summed E-state index contributed by atoms with van der Waals surface area (Å²) in [6.07, 6.45) is 2.07. The molecule has 3 heteroatoms. The predicted molar refractivity (Wildman–Crippen MR) is 74.2 cm³/mol. The molecule has 1 atom stereocenters. The molecular weight excluding hydrogens is 226 g/mol. The first kappa shape index (κ1) is 14.6. The lowest BCUT2D eigenvalue weighted by Crippen LogP contribution is -2.32. The van der Waals surface area contributed by atoms with Gasteiger partial charge in [-0.1, -0.05) is 13.3 Å². The highest BCUT2D eigenvalue weighted by Gasteiger charge is 2.10. The molecule has 0 bridgehead atoms. The fourth-order valence-electron chi connectivity index (χ4n) is 1.92. The summed E-state index contributed by atoms with van der Waals surface area (Å²) in [4.78, 5) is 12.0. The number of hydrogen-bond acceptors (Lipinski definition) is 2. The zero-order chi connectivity index (χ0) is 13.5. The Morgan fingerprint density at radius 3 is 2.67 bits per heavy atom. The van der Waals surface area contributed by atoms with Crippen LogP contribution in [0.15, 0.2) is 18.2 Å². The van der Waals surface area contributed by atoms with Gasteiger partial charge in [-0.05, 0) is 51.0 Å². The Bertz CT molecular complexity index is 401. The van der Waals surface area contributed by atoms with Crippen LogP contribution in [0.2, 0.25) is 0 Å². The van der Waals surface area contributed by atoms with Gasteiger partial charge in [0.1, 0.15) is 5.75 Å². The second kappa shape index (κ2) is 7.04. The topological polar surface area (TPSA) is 38.3 Å². The fraction of sp³-hybridized carbons (Fsp3) is 0.533. The molecule has 1 N–H and O–H groups in total. The number of benzene rings is 1. The van der Waals surface area contributed by atoms with Crippen molar-refractivity contribution in [2.24, 2.45) is 0 Å². The lowest BCUT2D eigenvalue weighted by atomic mass is 10.1. The summed E-state index contributed by atoms with van der Waals surface area (Å²) in [5.74, 6) is 0.831. The monoisotopic (exact) mass is 249 g/mol. The number of ether oxygens (including phenoxy) is 1. The molecular formula is C15H23NO2. The predicted octanol–water partition coefficient (Wildman–Crippen LogP) is 3.31. The Labute approximate surface area is 110 Å². The SMILES string of the molecule is CCC[C@H](C)NC(=O)c1ccc(OCC)c(C)c1. The summed E-state index contributed by atoms with van der Waals surface area (Å²) in [7, 11) is 0. The van der Waals surface area contributed by atoms with Gasteiger partial charge in [-0.25, -0.2) is 0 Å². The Balaban J connectivity index is 2.72. The van der Waals surface area contributed by atoms with Gasteiger partial charge in [0, 0.05) is 11.6 Å². The van der Waals surface area contributed by atoms with Gasteiger partial charge < -0.3 is 10.1 Å². The van der Waals surface area contributed by atoms with Crippen LogP contribution in [-0.4, -0.2) is 18.6 Å². The van der Waals surface area contributed by atoms with E-state index in [0.717, 1.165) is 24.2 Å². The molecule has 0 aliphatic carbocycles. The molecule has 1 rings (SSSR count). The van der Waals surface area contributed by atoms with E-state index in [1.807, 2.05) is 39.0 Å². The van der Waals surface area contributed by atoms with E-state index in [2.05, 4.69) is 12.2 Å². The van der Waals surface area contributed by atoms with Crippen molar-refractivity contribution in [3.05, 3.63) is 29.3 Å². The van der Waals surface area contributed by atoms with Crippen LogP contribution < -0.4 is 10.1 Å². The van der Waals surface area contributed by atoms with Gasteiger partial charge in [0.15, 0.2) is 0 Å². The Morgan fingerprint density at radius 2 is 2.11 bits per heavy atom. The highest BCUT2D eigenvalue weighted by Crippen LogP contribution is 2.19. The molecule has 0 heterocycles. The summed E-state index contributed by atoms with van der Waals surface area (Å²) in [6.45, 7) is 8.69. The van der Waals surface area contributed by atoms with Crippen LogP contribution in [0.25, 0.3) is 0 Å². The number of carbonyl (C=O) groups excluding carboxylic acids is 1. The summed E-state index contributed by atoms with van der Waals surface area (Å²) >= 11 is 0. The van der Waals surface area contributed by atoms with Gasteiger partial charge in [-0.3, -0.25) is 4.79 Å². The minimum atomic E-state index is -0.0119. The molecule has 0 spiro atoms. The van der Waals surface area contributed by atoms with Crippen molar-refractivity contribution in [1.82, 2.24) is 5.32 Å². The maximum atomic E-state index is 12.0. The lowest BCUT2D eigenvalue weighted by molar-refractivity contribution is 0.0938. The van der Waals surface area contributed by atoms with Gasteiger partial charge in [-0.15, -0.1) is 0 Å². The second-order valence-electron chi connectivity index (χ2n) is 4.58. The largest absolute Gasteiger partial charge is 0.494 e. The standard InChI is InChI=1S/C15H23NO2/c1-5-7-12(4)16-15(17)13-8-9-14(18-6-2)11(3)10-13/h8-10,12H,5-7H2,1-4H3,(H,16,17)/t12-/m0/s1. The van der Waals surface area contributed by atoms with Gasteiger partial charge in [-0.2, -0.15) is 0 Å². The first-order valence-corrected chi connectivity index (χ1v) is 6.62. The van der Waals surface area contributed by atoms with Crippen LogP contribution in [0, 0.1) is 6.92 Å². The third kappa shape index (κ3) is 4.06. The lowest BCUT2D eigenvalue weighted by Gasteiger charge is -2.14. The van der Waals surface area contributed by atoms with Crippen molar-refractivity contribution in [2.75, 3.05) is 6.61 Å². The third-order valence-electron chi connectivity index (χ3n) is 2.84. The van der Waals surface area contributed by atoms with Crippen LogP contribution in [0.3, 0.4) is 0 Å². The molecule has 1 aromatic rings. The van der Waals surface area contributed by atoms with Crippen molar-refractivity contribution >= 4 is 5.91 Å². The minimum absolute atomic E-state index is 0.0119. The third-order valence-corrected chi connectivity index (χ3v) is 2.84. The number of nitrogens with one attached hydrogen (secondary N) is 1.